The number of allylic oxidation sites excluding steroid dienone is 1. The smallest absolute Gasteiger partial charge is 0.407 e. The standard InChI is InChI=1S/C28H37N3O4/c1-27(2,3)35-26(33)29-16-10-11-24(30-17-8-7-9-18-30)23-19-28(4,5)31(25(23)32)20-21-12-14-22(34-6)15-13-21/h7-9,12-15,17-18H,10-11,16,19-20H2,1-6H3/p+1/b24-23+. The van der Waals surface area contributed by atoms with Crippen molar-refractivity contribution in [3.05, 3.63) is 66.0 Å². The quantitative estimate of drug-likeness (QED) is 0.337. The van der Waals surface area contributed by atoms with Gasteiger partial charge in [-0.05, 0) is 58.7 Å². The Bertz CT molecular complexity index is 1050. The molecule has 0 aliphatic carbocycles. The van der Waals surface area contributed by atoms with Crippen molar-refractivity contribution in [2.24, 2.45) is 0 Å². The molecule has 1 aromatic heterocycles. The summed E-state index contributed by atoms with van der Waals surface area (Å²) in [6.07, 6.45) is 5.50. The summed E-state index contributed by atoms with van der Waals surface area (Å²) in [7, 11) is 1.64. The summed E-state index contributed by atoms with van der Waals surface area (Å²) in [6.45, 7) is 10.7. The van der Waals surface area contributed by atoms with E-state index in [0.29, 0.717) is 32.4 Å². The van der Waals surface area contributed by atoms with E-state index in [1.165, 1.54) is 0 Å². The van der Waals surface area contributed by atoms with Crippen LogP contribution in [-0.2, 0) is 16.1 Å². The molecule has 2 amide bonds. The molecule has 1 aliphatic heterocycles. The molecule has 0 bridgehead atoms. The van der Waals surface area contributed by atoms with Crippen molar-refractivity contribution in [2.75, 3.05) is 13.7 Å². The second-order valence-electron chi connectivity index (χ2n) is 10.5. The Morgan fingerprint density at radius 1 is 1.11 bits per heavy atom. The van der Waals surface area contributed by atoms with Crippen molar-refractivity contribution in [1.29, 1.82) is 0 Å². The van der Waals surface area contributed by atoms with E-state index < -0.39 is 11.7 Å². The van der Waals surface area contributed by atoms with Crippen LogP contribution in [0, 0.1) is 0 Å². The molecule has 3 rings (SSSR count). The Labute approximate surface area is 208 Å². The number of nitrogens with zero attached hydrogens (tertiary/aromatic N) is 2. The molecule has 1 N–H and O–H groups in total. The molecule has 7 heteroatoms. The number of hydrogen-bond donors (Lipinski definition) is 1. The largest absolute Gasteiger partial charge is 0.497 e. The number of pyridine rings is 1. The fourth-order valence-electron chi connectivity index (χ4n) is 4.24. The summed E-state index contributed by atoms with van der Waals surface area (Å²) in [5.41, 5.74) is 1.99. The van der Waals surface area contributed by atoms with Crippen molar-refractivity contribution in [3.63, 3.8) is 0 Å². The molecule has 0 saturated carbocycles. The van der Waals surface area contributed by atoms with Gasteiger partial charge in [0.05, 0.1) is 12.7 Å². The number of rotatable bonds is 8. The second kappa shape index (κ2) is 10.9. The monoisotopic (exact) mass is 480 g/mol. The third-order valence-electron chi connectivity index (χ3n) is 5.98. The molecule has 0 radical (unpaired) electrons. The number of alkyl carbamates (subject to hydrolysis) is 1. The maximum absolute atomic E-state index is 13.7. The van der Waals surface area contributed by atoms with Crippen molar-refractivity contribution >= 4 is 17.7 Å². The summed E-state index contributed by atoms with van der Waals surface area (Å²) in [4.78, 5) is 27.7. The van der Waals surface area contributed by atoms with Gasteiger partial charge in [-0.25, -0.2) is 4.79 Å². The SMILES string of the molecule is COc1ccc(CN2C(=O)/C(=C(\CCCNC(=O)OC(C)(C)C)[n+]3ccccc3)CC2(C)C)cc1. The summed E-state index contributed by atoms with van der Waals surface area (Å²) in [5, 5.41) is 2.82. The van der Waals surface area contributed by atoms with E-state index in [1.807, 2.05) is 85.1 Å². The second-order valence-corrected chi connectivity index (χ2v) is 10.5. The number of carbonyl (C=O) groups excluding carboxylic acids is 2. The lowest BCUT2D eigenvalue weighted by Gasteiger charge is -2.31. The van der Waals surface area contributed by atoms with Crippen LogP contribution in [-0.4, -0.2) is 41.7 Å². The molecule has 1 saturated heterocycles. The number of amides is 2. The van der Waals surface area contributed by atoms with E-state index in [0.717, 1.165) is 22.6 Å². The van der Waals surface area contributed by atoms with Gasteiger partial charge < -0.3 is 19.7 Å². The average Bonchev–Trinajstić information content (AvgIpc) is 3.02. The highest BCUT2D eigenvalue weighted by atomic mass is 16.6. The average molecular weight is 481 g/mol. The molecule has 35 heavy (non-hydrogen) atoms. The first kappa shape index (κ1) is 26.3. The molecule has 0 unspecified atom stereocenters. The van der Waals surface area contributed by atoms with Crippen molar-refractivity contribution in [3.8, 4) is 5.75 Å². The molecule has 1 aromatic carbocycles. The van der Waals surface area contributed by atoms with Gasteiger partial charge in [-0.1, -0.05) is 18.2 Å². The fourth-order valence-corrected chi connectivity index (χ4v) is 4.24. The zero-order chi connectivity index (χ0) is 25.6. The number of nitrogens with one attached hydrogen (secondary N) is 1. The fraction of sp³-hybridized carbons (Fsp3) is 0.464. The van der Waals surface area contributed by atoms with Crippen LogP contribution in [0.4, 0.5) is 4.79 Å². The minimum atomic E-state index is -0.535. The van der Waals surface area contributed by atoms with Gasteiger partial charge in [0.15, 0.2) is 18.1 Å². The number of ether oxygens (including phenoxy) is 2. The van der Waals surface area contributed by atoms with E-state index in [9.17, 15) is 9.59 Å². The molecular weight excluding hydrogens is 442 g/mol. The van der Waals surface area contributed by atoms with Crippen molar-refractivity contribution in [1.82, 2.24) is 10.2 Å². The molecule has 7 nitrogen and oxygen atoms in total. The van der Waals surface area contributed by atoms with E-state index in [1.54, 1.807) is 7.11 Å². The lowest BCUT2D eigenvalue weighted by Crippen LogP contribution is -2.40. The van der Waals surface area contributed by atoms with Gasteiger partial charge in [0, 0.05) is 43.6 Å². The van der Waals surface area contributed by atoms with Gasteiger partial charge in [0.1, 0.15) is 11.4 Å². The van der Waals surface area contributed by atoms with Gasteiger partial charge in [-0.15, -0.1) is 0 Å². The van der Waals surface area contributed by atoms with E-state index in [2.05, 4.69) is 19.2 Å². The Morgan fingerprint density at radius 3 is 2.37 bits per heavy atom. The lowest BCUT2D eigenvalue weighted by atomic mass is 9.97. The normalized spacial score (nSPS) is 16.7. The van der Waals surface area contributed by atoms with Crippen LogP contribution in [0.25, 0.3) is 5.70 Å². The Kier molecular flexibility index (Phi) is 8.20. The first-order valence-corrected chi connectivity index (χ1v) is 12.1. The highest BCUT2D eigenvalue weighted by molar-refractivity contribution is 6.00. The van der Waals surface area contributed by atoms with E-state index in [-0.39, 0.29) is 11.4 Å². The van der Waals surface area contributed by atoms with Crippen LogP contribution in [0.2, 0.25) is 0 Å². The van der Waals surface area contributed by atoms with Crippen LogP contribution < -0.4 is 14.6 Å². The number of carbonyl (C=O) groups is 2. The van der Waals surface area contributed by atoms with Crippen LogP contribution >= 0.6 is 0 Å². The van der Waals surface area contributed by atoms with Gasteiger partial charge in [-0.2, -0.15) is 4.57 Å². The minimum Gasteiger partial charge on any atom is -0.497 e. The first-order valence-electron chi connectivity index (χ1n) is 12.1. The van der Waals surface area contributed by atoms with E-state index >= 15 is 0 Å². The van der Waals surface area contributed by atoms with E-state index in [4.69, 9.17) is 9.47 Å². The lowest BCUT2D eigenvalue weighted by molar-refractivity contribution is -0.584. The highest BCUT2D eigenvalue weighted by Crippen LogP contribution is 2.37. The summed E-state index contributed by atoms with van der Waals surface area (Å²) < 4.78 is 12.6. The van der Waals surface area contributed by atoms with Crippen LogP contribution in [0.15, 0.2) is 60.4 Å². The van der Waals surface area contributed by atoms with Crippen LogP contribution in [0.5, 0.6) is 5.75 Å². The zero-order valence-corrected chi connectivity index (χ0v) is 21.8. The molecule has 2 heterocycles. The molecule has 0 spiro atoms. The number of likely N-dealkylation sites (tertiary alicyclic amines) is 1. The summed E-state index contributed by atoms with van der Waals surface area (Å²) >= 11 is 0. The minimum absolute atomic E-state index is 0.0530. The summed E-state index contributed by atoms with van der Waals surface area (Å²) in [6, 6.07) is 13.7. The molecule has 2 aromatic rings. The molecule has 1 aliphatic rings. The number of benzene rings is 1. The third-order valence-corrected chi connectivity index (χ3v) is 5.98. The number of hydrogen-bond acceptors (Lipinski definition) is 4. The molecular formula is C28H38N3O4+. The van der Waals surface area contributed by atoms with Gasteiger partial charge >= 0.3 is 6.09 Å². The van der Waals surface area contributed by atoms with Crippen LogP contribution in [0.3, 0.4) is 0 Å². The first-order chi connectivity index (χ1) is 16.5. The Morgan fingerprint density at radius 2 is 1.77 bits per heavy atom. The van der Waals surface area contributed by atoms with Gasteiger partial charge in [-0.3, -0.25) is 4.79 Å². The Balaban J connectivity index is 1.79. The molecule has 0 atom stereocenters. The number of methoxy groups -OCH3 is 1. The molecule has 1 fully saturated rings. The van der Waals surface area contributed by atoms with Crippen molar-refractivity contribution < 1.29 is 23.6 Å². The maximum atomic E-state index is 13.7. The van der Waals surface area contributed by atoms with Crippen molar-refractivity contribution in [2.45, 2.75) is 71.6 Å². The summed E-state index contributed by atoms with van der Waals surface area (Å²) in [5.74, 6) is 0.848. The third kappa shape index (κ3) is 7.07. The topological polar surface area (TPSA) is 71.8 Å². The molecule has 188 valence electrons. The van der Waals surface area contributed by atoms with Crippen LogP contribution in [0.1, 0.15) is 59.4 Å². The maximum Gasteiger partial charge on any atom is 0.407 e. The predicted octanol–water partition coefficient (Wildman–Crippen LogP) is 4.71. The van der Waals surface area contributed by atoms with Gasteiger partial charge in [0.2, 0.25) is 0 Å². The highest BCUT2D eigenvalue weighted by Gasteiger charge is 2.44. The predicted molar refractivity (Wildman–Crippen MR) is 136 cm³/mol. The Hall–Kier alpha value is -3.35. The number of aromatic nitrogens is 1. The van der Waals surface area contributed by atoms with Gasteiger partial charge in [0.25, 0.3) is 5.91 Å². The zero-order valence-electron chi connectivity index (χ0n) is 21.8.